The van der Waals surface area contributed by atoms with Crippen LogP contribution in [0.15, 0.2) is 48.5 Å². The van der Waals surface area contributed by atoms with E-state index in [0.717, 1.165) is 24.0 Å². The predicted molar refractivity (Wildman–Crippen MR) is 84.6 cm³/mol. The van der Waals surface area contributed by atoms with Crippen molar-refractivity contribution >= 4 is 11.9 Å². The van der Waals surface area contributed by atoms with Crippen molar-refractivity contribution < 1.29 is 9.90 Å². The molecular formula is C19H18O2. The third kappa shape index (κ3) is 3.22. The summed E-state index contributed by atoms with van der Waals surface area (Å²) >= 11 is 0. The fourth-order valence-electron chi connectivity index (χ4n) is 2.74. The van der Waals surface area contributed by atoms with Crippen molar-refractivity contribution in [1.82, 2.24) is 0 Å². The number of rotatable bonds is 3. The number of ketones is 1. The lowest BCUT2D eigenvalue weighted by Gasteiger charge is -2.15. The Kier molecular flexibility index (Phi) is 3.87. The van der Waals surface area contributed by atoms with Crippen LogP contribution in [0.5, 0.6) is 5.75 Å². The number of hydrogen-bond donors (Lipinski definition) is 1. The van der Waals surface area contributed by atoms with Gasteiger partial charge in [-0.15, -0.1) is 0 Å². The molecule has 106 valence electrons. The van der Waals surface area contributed by atoms with Crippen LogP contribution in [0, 0.1) is 0 Å². The summed E-state index contributed by atoms with van der Waals surface area (Å²) in [5, 5.41) is 9.23. The van der Waals surface area contributed by atoms with Gasteiger partial charge < -0.3 is 5.11 Å². The van der Waals surface area contributed by atoms with E-state index < -0.39 is 0 Å². The van der Waals surface area contributed by atoms with E-state index >= 15 is 0 Å². The van der Waals surface area contributed by atoms with Crippen molar-refractivity contribution in [3.05, 3.63) is 70.8 Å². The third-order valence-electron chi connectivity index (χ3n) is 3.95. The molecule has 0 bridgehead atoms. The number of aromatic hydroxyl groups is 1. The van der Waals surface area contributed by atoms with Gasteiger partial charge in [-0.2, -0.15) is 0 Å². The maximum Gasteiger partial charge on any atom is 0.185 e. The first-order valence-corrected chi connectivity index (χ1v) is 7.35. The van der Waals surface area contributed by atoms with Gasteiger partial charge in [-0.25, -0.2) is 0 Å². The maximum atomic E-state index is 12.2. The van der Waals surface area contributed by atoms with Gasteiger partial charge in [-0.3, -0.25) is 4.79 Å². The Morgan fingerprint density at radius 3 is 2.43 bits per heavy atom. The average molecular weight is 278 g/mol. The van der Waals surface area contributed by atoms with Crippen LogP contribution in [0.4, 0.5) is 0 Å². The number of carbonyl (C=O) groups excluding carboxylic acids is 1. The fourth-order valence-corrected chi connectivity index (χ4v) is 2.74. The highest BCUT2D eigenvalue weighted by Crippen LogP contribution is 2.22. The average Bonchev–Trinajstić information content (AvgIpc) is 2.53. The molecule has 3 rings (SSSR count). The normalized spacial score (nSPS) is 14.1. The van der Waals surface area contributed by atoms with Crippen LogP contribution >= 0.6 is 0 Å². The summed E-state index contributed by atoms with van der Waals surface area (Å²) < 4.78 is 0. The molecule has 0 atom stereocenters. The van der Waals surface area contributed by atoms with E-state index in [9.17, 15) is 9.90 Å². The van der Waals surface area contributed by atoms with Gasteiger partial charge in [0.15, 0.2) is 5.78 Å². The molecule has 2 aromatic rings. The molecular weight excluding hydrogens is 260 g/mol. The summed E-state index contributed by atoms with van der Waals surface area (Å²) in [6.07, 6.45) is 8.05. The van der Waals surface area contributed by atoms with Gasteiger partial charge in [-0.1, -0.05) is 30.3 Å². The van der Waals surface area contributed by atoms with Gasteiger partial charge in [-0.05, 0) is 66.6 Å². The summed E-state index contributed by atoms with van der Waals surface area (Å²) in [4.78, 5) is 12.2. The monoisotopic (exact) mass is 278 g/mol. The lowest BCUT2D eigenvalue weighted by Crippen LogP contribution is -2.05. The molecule has 1 aliphatic rings. The zero-order chi connectivity index (χ0) is 14.7. The lowest BCUT2D eigenvalue weighted by atomic mass is 9.90. The molecule has 1 aliphatic carbocycles. The van der Waals surface area contributed by atoms with Crippen molar-refractivity contribution in [3.63, 3.8) is 0 Å². The molecule has 0 aromatic heterocycles. The van der Waals surface area contributed by atoms with E-state index in [-0.39, 0.29) is 11.5 Å². The Labute approximate surface area is 124 Å². The molecule has 0 saturated heterocycles. The van der Waals surface area contributed by atoms with E-state index in [0.29, 0.717) is 0 Å². The first kappa shape index (κ1) is 13.6. The van der Waals surface area contributed by atoms with Gasteiger partial charge in [0.25, 0.3) is 0 Å². The van der Waals surface area contributed by atoms with E-state index in [1.54, 1.807) is 36.4 Å². The Bertz CT molecular complexity index is 681. The van der Waals surface area contributed by atoms with Crippen LogP contribution in [0.25, 0.3) is 6.08 Å². The molecule has 0 saturated carbocycles. The number of aryl methyl sites for hydroxylation is 2. The quantitative estimate of drug-likeness (QED) is 0.676. The van der Waals surface area contributed by atoms with Crippen LogP contribution in [-0.4, -0.2) is 10.9 Å². The van der Waals surface area contributed by atoms with E-state index in [1.807, 2.05) is 12.1 Å². The Morgan fingerprint density at radius 2 is 1.67 bits per heavy atom. The number of phenolic OH excluding ortho intramolecular Hbond substituents is 1. The molecule has 2 heteroatoms. The molecule has 1 N–H and O–H groups in total. The molecule has 0 radical (unpaired) electrons. The van der Waals surface area contributed by atoms with Gasteiger partial charge in [0.2, 0.25) is 0 Å². The standard InChI is InChI=1S/C19H18O2/c20-18-10-5-14(6-11-18)7-12-19(21)17-9-8-15-3-1-2-4-16(15)13-17/h5-13,20H,1-4H2/b12-7+. The molecule has 21 heavy (non-hydrogen) atoms. The highest BCUT2D eigenvalue weighted by molar-refractivity contribution is 6.07. The highest BCUT2D eigenvalue weighted by Gasteiger charge is 2.11. The van der Waals surface area contributed by atoms with Crippen molar-refractivity contribution in [2.45, 2.75) is 25.7 Å². The minimum Gasteiger partial charge on any atom is -0.508 e. The topological polar surface area (TPSA) is 37.3 Å². The van der Waals surface area contributed by atoms with Gasteiger partial charge >= 0.3 is 0 Å². The zero-order valence-electron chi connectivity index (χ0n) is 11.9. The molecule has 0 heterocycles. The SMILES string of the molecule is O=C(/C=C/c1ccc(O)cc1)c1ccc2c(c1)CCCC2. The van der Waals surface area contributed by atoms with Crippen LogP contribution in [0.2, 0.25) is 0 Å². The van der Waals surface area contributed by atoms with Crippen LogP contribution < -0.4 is 0 Å². The second-order valence-corrected chi connectivity index (χ2v) is 5.48. The van der Waals surface area contributed by atoms with Crippen molar-refractivity contribution in [1.29, 1.82) is 0 Å². The number of carbonyl (C=O) groups is 1. The molecule has 0 spiro atoms. The number of hydrogen-bond acceptors (Lipinski definition) is 2. The second kappa shape index (κ2) is 5.96. The smallest absolute Gasteiger partial charge is 0.185 e. The van der Waals surface area contributed by atoms with Gasteiger partial charge in [0.1, 0.15) is 5.75 Å². The summed E-state index contributed by atoms with van der Waals surface area (Å²) in [5.74, 6) is 0.254. The molecule has 0 fully saturated rings. The Morgan fingerprint density at radius 1 is 0.952 bits per heavy atom. The number of allylic oxidation sites excluding steroid dienone is 1. The first-order valence-electron chi connectivity index (χ1n) is 7.35. The number of fused-ring (bicyclic) bond motifs is 1. The predicted octanol–water partition coefficient (Wildman–Crippen LogP) is 4.17. The second-order valence-electron chi connectivity index (χ2n) is 5.48. The maximum absolute atomic E-state index is 12.2. The Hall–Kier alpha value is -2.35. The van der Waals surface area contributed by atoms with Gasteiger partial charge in [0.05, 0.1) is 0 Å². The van der Waals surface area contributed by atoms with E-state index in [1.165, 1.54) is 24.0 Å². The number of phenols is 1. The minimum absolute atomic E-state index is 0.0245. The molecule has 0 amide bonds. The summed E-state index contributed by atoms with van der Waals surface area (Å²) in [6, 6.07) is 12.9. The summed E-state index contributed by atoms with van der Waals surface area (Å²) in [6.45, 7) is 0. The molecule has 2 nitrogen and oxygen atoms in total. The summed E-state index contributed by atoms with van der Waals surface area (Å²) in [7, 11) is 0. The summed E-state index contributed by atoms with van der Waals surface area (Å²) in [5.41, 5.74) is 4.37. The minimum atomic E-state index is 0.0245. The number of benzene rings is 2. The van der Waals surface area contributed by atoms with Crippen molar-refractivity contribution in [3.8, 4) is 5.75 Å². The fraction of sp³-hybridized carbons (Fsp3) is 0.211. The highest BCUT2D eigenvalue weighted by atomic mass is 16.3. The van der Waals surface area contributed by atoms with Crippen LogP contribution in [-0.2, 0) is 12.8 Å². The van der Waals surface area contributed by atoms with E-state index in [2.05, 4.69) is 6.07 Å². The van der Waals surface area contributed by atoms with Gasteiger partial charge in [0, 0.05) is 5.56 Å². The molecule has 0 unspecified atom stereocenters. The van der Waals surface area contributed by atoms with E-state index in [4.69, 9.17) is 0 Å². The Balaban J connectivity index is 1.77. The zero-order valence-corrected chi connectivity index (χ0v) is 11.9. The molecule has 2 aromatic carbocycles. The largest absolute Gasteiger partial charge is 0.508 e. The van der Waals surface area contributed by atoms with Crippen molar-refractivity contribution in [2.24, 2.45) is 0 Å². The lowest BCUT2D eigenvalue weighted by molar-refractivity contribution is 0.104. The third-order valence-corrected chi connectivity index (χ3v) is 3.95. The molecule has 0 aliphatic heterocycles. The van der Waals surface area contributed by atoms with Crippen molar-refractivity contribution in [2.75, 3.05) is 0 Å². The van der Waals surface area contributed by atoms with Crippen LogP contribution in [0.3, 0.4) is 0 Å². The first-order chi connectivity index (χ1) is 10.2. The van der Waals surface area contributed by atoms with Crippen LogP contribution in [0.1, 0.15) is 39.9 Å².